The molecular formula is C14H20N2S. The van der Waals surface area contributed by atoms with Crippen LogP contribution < -0.4 is 10.6 Å². The van der Waals surface area contributed by atoms with Crippen LogP contribution in [0.3, 0.4) is 0 Å². The average Bonchev–Trinajstić information content (AvgIpc) is 2.41. The van der Waals surface area contributed by atoms with Gasteiger partial charge in [0.15, 0.2) is 0 Å². The average molecular weight is 248 g/mol. The van der Waals surface area contributed by atoms with Crippen molar-refractivity contribution in [2.24, 2.45) is 0 Å². The van der Waals surface area contributed by atoms with E-state index in [1.807, 2.05) is 0 Å². The quantitative estimate of drug-likeness (QED) is 0.796. The molecule has 2 heterocycles. The van der Waals surface area contributed by atoms with Gasteiger partial charge in [-0.2, -0.15) is 11.8 Å². The second-order valence-electron chi connectivity index (χ2n) is 5.17. The third kappa shape index (κ3) is 2.51. The molecular weight excluding hydrogens is 228 g/mol. The van der Waals surface area contributed by atoms with Crippen LogP contribution in [0.1, 0.15) is 24.4 Å². The topological polar surface area (TPSA) is 24.1 Å². The fourth-order valence-corrected chi connectivity index (χ4v) is 4.13. The van der Waals surface area contributed by atoms with Gasteiger partial charge >= 0.3 is 0 Å². The lowest BCUT2D eigenvalue weighted by atomic mass is 9.90. The molecule has 1 aromatic rings. The van der Waals surface area contributed by atoms with Gasteiger partial charge in [-0.15, -0.1) is 0 Å². The van der Waals surface area contributed by atoms with Crippen LogP contribution in [0.4, 0.5) is 0 Å². The minimum absolute atomic E-state index is 0.335. The number of hydrogen-bond donors (Lipinski definition) is 2. The highest BCUT2D eigenvalue weighted by atomic mass is 32.2. The Kier molecular flexibility index (Phi) is 3.41. The molecule has 2 aliphatic rings. The van der Waals surface area contributed by atoms with Crippen LogP contribution in [0.5, 0.6) is 0 Å². The molecule has 0 amide bonds. The Bertz CT molecular complexity index is 354. The molecule has 1 aromatic carbocycles. The first-order valence-electron chi connectivity index (χ1n) is 6.49. The summed E-state index contributed by atoms with van der Waals surface area (Å²) in [4.78, 5) is 0. The van der Waals surface area contributed by atoms with Crippen LogP contribution in [0.25, 0.3) is 0 Å². The largest absolute Gasteiger partial charge is 0.313 e. The SMILES string of the molecule is c1ccc(C2CNCC3(CCCSC3)N2)cc1. The van der Waals surface area contributed by atoms with Crippen molar-refractivity contribution >= 4 is 11.8 Å². The molecule has 3 heteroatoms. The number of nitrogens with one attached hydrogen (secondary N) is 2. The van der Waals surface area contributed by atoms with Crippen molar-refractivity contribution in [1.29, 1.82) is 0 Å². The lowest BCUT2D eigenvalue weighted by molar-refractivity contribution is 0.230. The smallest absolute Gasteiger partial charge is 0.0451 e. The number of rotatable bonds is 1. The van der Waals surface area contributed by atoms with Crippen LogP contribution in [0.2, 0.25) is 0 Å². The highest BCUT2D eigenvalue weighted by molar-refractivity contribution is 7.99. The maximum atomic E-state index is 3.90. The molecule has 0 radical (unpaired) electrons. The van der Waals surface area contributed by atoms with E-state index in [0.717, 1.165) is 13.1 Å². The van der Waals surface area contributed by atoms with Crippen LogP contribution in [0.15, 0.2) is 30.3 Å². The summed E-state index contributed by atoms with van der Waals surface area (Å²) in [5.74, 6) is 2.59. The first-order valence-corrected chi connectivity index (χ1v) is 7.65. The van der Waals surface area contributed by atoms with Crippen LogP contribution in [0, 0.1) is 0 Å². The molecule has 0 aliphatic carbocycles. The van der Waals surface area contributed by atoms with E-state index in [1.54, 1.807) is 0 Å². The van der Waals surface area contributed by atoms with Gasteiger partial charge in [0.25, 0.3) is 0 Å². The van der Waals surface area contributed by atoms with Gasteiger partial charge in [-0.05, 0) is 24.2 Å². The minimum Gasteiger partial charge on any atom is -0.313 e. The van der Waals surface area contributed by atoms with Gasteiger partial charge in [0.2, 0.25) is 0 Å². The van der Waals surface area contributed by atoms with Gasteiger partial charge < -0.3 is 10.6 Å². The van der Waals surface area contributed by atoms with E-state index in [1.165, 1.54) is 29.9 Å². The molecule has 2 N–H and O–H groups in total. The summed E-state index contributed by atoms with van der Waals surface area (Å²) in [5, 5.41) is 7.52. The molecule has 92 valence electrons. The molecule has 1 spiro atoms. The van der Waals surface area contributed by atoms with Gasteiger partial charge in [-0.25, -0.2) is 0 Å². The molecule has 2 aliphatic heterocycles. The zero-order valence-electron chi connectivity index (χ0n) is 10.1. The monoisotopic (exact) mass is 248 g/mol. The summed E-state index contributed by atoms with van der Waals surface area (Å²) >= 11 is 2.10. The molecule has 0 saturated carbocycles. The lowest BCUT2D eigenvalue weighted by Crippen LogP contribution is -2.62. The molecule has 2 saturated heterocycles. The van der Waals surface area contributed by atoms with Gasteiger partial charge in [0.1, 0.15) is 0 Å². The van der Waals surface area contributed by atoms with Crippen molar-refractivity contribution in [1.82, 2.24) is 10.6 Å². The van der Waals surface area contributed by atoms with E-state index in [0.29, 0.717) is 11.6 Å². The Labute approximate surface area is 108 Å². The van der Waals surface area contributed by atoms with Gasteiger partial charge in [0.05, 0.1) is 0 Å². The lowest BCUT2D eigenvalue weighted by Gasteiger charge is -2.45. The molecule has 17 heavy (non-hydrogen) atoms. The second kappa shape index (κ2) is 5.01. The van der Waals surface area contributed by atoms with E-state index >= 15 is 0 Å². The Balaban J connectivity index is 1.75. The molecule has 0 bridgehead atoms. The first-order chi connectivity index (χ1) is 8.38. The summed E-state index contributed by atoms with van der Waals surface area (Å²) in [6.45, 7) is 2.18. The van der Waals surface area contributed by atoms with Crippen LogP contribution in [-0.2, 0) is 0 Å². The number of hydrogen-bond acceptors (Lipinski definition) is 3. The summed E-state index contributed by atoms with van der Waals surface area (Å²) in [6, 6.07) is 11.3. The number of thioether (sulfide) groups is 1. The summed E-state index contributed by atoms with van der Waals surface area (Å²) in [7, 11) is 0. The van der Waals surface area contributed by atoms with E-state index in [-0.39, 0.29) is 0 Å². The fraction of sp³-hybridized carbons (Fsp3) is 0.571. The first kappa shape index (κ1) is 11.6. The third-order valence-electron chi connectivity index (χ3n) is 3.82. The standard InChI is InChI=1S/C14H20N2S/c1-2-5-12(6-3-1)13-9-15-10-14(16-13)7-4-8-17-11-14/h1-3,5-6,13,15-16H,4,7-11H2. The van der Waals surface area contributed by atoms with Crippen molar-refractivity contribution in [3.8, 4) is 0 Å². The van der Waals surface area contributed by atoms with Crippen molar-refractivity contribution < 1.29 is 0 Å². The van der Waals surface area contributed by atoms with Crippen molar-refractivity contribution in [3.63, 3.8) is 0 Å². The third-order valence-corrected chi connectivity index (χ3v) is 5.15. The Hall–Kier alpha value is -0.510. The molecule has 0 aromatic heterocycles. The maximum Gasteiger partial charge on any atom is 0.0451 e. The number of piperazine rings is 1. The van der Waals surface area contributed by atoms with Crippen molar-refractivity contribution in [2.75, 3.05) is 24.6 Å². The molecule has 3 rings (SSSR count). The molecule has 2 unspecified atom stereocenters. The maximum absolute atomic E-state index is 3.90. The van der Waals surface area contributed by atoms with Crippen molar-refractivity contribution in [3.05, 3.63) is 35.9 Å². The Morgan fingerprint density at radius 1 is 1.24 bits per heavy atom. The summed E-state index contributed by atoms with van der Waals surface area (Å²) in [5.41, 5.74) is 1.75. The van der Waals surface area contributed by atoms with E-state index in [2.05, 4.69) is 52.7 Å². The Morgan fingerprint density at radius 3 is 2.88 bits per heavy atom. The van der Waals surface area contributed by atoms with E-state index in [4.69, 9.17) is 0 Å². The highest BCUT2D eigenvalue weighted by Crippen LogP contribution is 2.31. The van der Waals surface area contributed by atoms with Gasteiger partial charge in [-0.1, -0.05) is 30.3 Å². The minimum atomic E-state index is 0.335. The zero-order chi connectivity index (χ0) is 11.6. The predicted molar refractivity (Wildman–Crippen MR) is 74.5 cm³/mol. The van der Waals surface area contributed by atoms with Gasteiger partial charge in [-0.3, -0.25) is 0 Å². The fourth-order valence-electron chi connectivity index (χ4n) is 2.92. The normalized spacial score (nSPS) is 33.8. The summed E-state index contributed by atoms with van der Waals surface area (Å²) < 4.78 is 0. The molecule has 2 atom stereocenters. The van der Waals surface area contributed by atoms with E-state index < -0.39 is 0 Å². The van der Waals surface area contributed by atoms with Crippen LogP contribution in [-0.4, -0.2) is 30.1 Å². The van der Waals surface area contributed by atoms with Crippen molar-refractivity contribution in [2.45, 2.75) is 24.4 Å². The molecule has 2 fully saturated rings. The highest BCUT2D eigenvalue weighted by Gasteiger charge is 2.37. The predicted octanol–water partition coefficient (Wildman–Crippen LogP) is 2.19. The second-order valence-corrected chi connectivity index (χ2v) is 6.28. The number of benzene rings is 1. The summed E-state index contributed by atoms with van der Waals surface area (Å²) in [6.07, 6.45) is 2.66. The zero-order valence-corrected chi connectivity index (χ0v) is 10.9. The molecule has 2 nitrogen and oxygen atoms in total. The Morgan fingerprint density at radius 2 is 2.12 bits per heavy atom. The van der Waals surface area contributed by atoms with E-state index in [9.17, 15) is 0 Å². The van der Waals surface area contributed by atoms with Gasteiger partial charge in [0, 0.05) is 30.4 Å². The van der Waals surface area contributed by atoms with Crippen LogP contribution >= 0.6 is 11.8 Å².